The van der Waals surface area contributed by atoms with Gasteiger partial charge in [-0.3, -0.25) is 0 Å². The molecule has 2 N–H and O–H groups in total. The molecule has 0 radical (unpaired) electrons. The molecular weight excluding hydrogens is 480 g/mol. The summed E-state index contributed by atoms with van der Waals surface area (Å²) in [5.74, 6) is -0.124. The standard InChI is InChI=1S/C21H19BrF4N4O/c1-20(2,3)30-19-28-17(12-5-4-6-14(9-12)31-21(24,25)26)11-18(29-19)27-16-8-7-13(23)10-15(16)22/h4-11H,1-3H3,(H2,27,28,29,30). The van der Waals surface area contributed by atoms with Crippen LogP contribution in [0.15, 0.2) is 53.0 Å². The summed E-state index contributed by atoms with van der Waals surface area (Å²) in [6.45, 7) is 5.76. The molecular formula is C21H19BrF4N4O. The average Bonchev–Trinajstić information content (AvgIpc) is 2.61. The number of aromatic nitrogens is 2. The molecule has 0 saturated heterocycles. The third-order valence-corrected chi connectivity index (χ3v) is 4.43. The Labute approximate surface area is 185 Å². The number of ether oxygens (including phenoxy) is 1. The molecule has 1 aromatic heterocycles. The molecule has 0 spiro atoms. The Kier molecular flexibility index (Phi) is 6.40. The number of nitrogens with one attached hydrogen (secondary N) is 2. The largest absolute Gasteiger partial charge is 0.573 e. The van der Waals surface area contributed by atoms with Gasteiger partial charge in [-0.05, 0) is 67.0 Å². The first-order valence-electron chi connectivity index (χ1n) is 9.13. The molecule has 0 atom stereocenters. The number of alkyl halides is 3. The van der Waals surface area contributed by atoms with Crippen LogP contribution < -0.4 is 15.4 Å². The van der Waals surface area contributed by atoms with Gasteiger partial charge in [0.25, 0.3) is 0 Å². The highest BCUT2D eigenvalue weighted by Gasteiger charge is 2.31. The first kappa shape index (κ1) is 22.8. The predicted octanol–water partition coefficient (Wildman–Crippen LogP) is 6.90. The lowest BCUT2D eigenvalue weighted by molar-refractivity contribution is -0.274. The quantitative estimate of drug-likeness (QED) is 0.374. The van der Waals surface area contributed by atoms with Gasteiger partial charge in [0, 0.05) is 21.6 Å². The minimum atomic E-state index is -4.80. The Morgan fingerprint density at radius 1 is 0.968 bits per heavy atom. The maximum absolute atomic E-state index is 13.4. The van der Waals surface area contributed by atoms with Gasteiger partial charge in [-0.1, -0.05) is 12.1 Å². The Hall–Kier alpha value is -2.88. The Morgan fingerprint density at radius 2 is 1.71 bits per heavy atom. The van der Waals surface area contributed by atoms with Crippen LogP contribution in [-0.2, 0) is 0 Å². The summed E-state index contributed by atoms with van der Waals surface area (Å²) in [5.41, 5.74) is 0.965. The third kappa shape index (κ3) is 6.81. The van der Waals surface area contributed by atoms with E-state index >= 15 is 0 Å². The van der Waals surface area contributed by atoms with Crippen molar-refractivity contribution >= 4 is 33.4 Å². The van der Waals surface area contributed by atoms with Crippen molar-refractivity contribution in [3.63, 3.8) is 0 Å². The van der Waals surface area contributed by atoms with Gasteiger partial charge >= 0.3 is 6.36 Å². The van der Waals surface area contributed by atoms with Gasteiger partial charge in [-0.15, -0.1) is 13.2 Å². The van der Waals surface area contributed by atoms with E-state index in [0.717, 1.165) is 0 Å². The zero-order chi connectivity index (χ0) is 22.8. The number of anilines is 3. The zero-order valence-corrected chi connectivity index (χ0v) is 18.4. The van der Waals surface area contributed by atoms with Crippen molar-refractivity contribution in [3.8, 4) is 17.0 Å². The number of halogens is 5. The highest BCUT2D eigenvalue weighted by atomic mass is 79.9. The van der Waals surface area contributed by atoms with Crippen molar-refractivity contribution in [3.05, 3.63) is 58.8 Å². The van der Waals surface area contributed by atoms with Gasteiger partial charge in [0.1, 0.15) is 17.4 Å². The number of hydrogen-bond acceptors (Lipinski definition) is 5. The second-order valence-corrected chi connectivity index (χ2v) is 8.52. The maximum atomic E-state index is 13.4. The van der Waals surface area contributed by atoms with Crippen molar-refractivity contribution in [1.82, 2.24) is 9.97 Å². The lowest BCUT2D eigenvalue weighted by Gasteiger charge is -2.21. The maximum Gasteiger partial charge on any atom is 0.573 e. The Bertz CT molecular complexity index is 1080. The lowest BCUT2D eigenvalue weighted by Crippen LogP contribution is -2.27. The molecule has 31 heavy (non-hydrogen) atoms. The predicted molar refractivity (Wildman–Crippen MR) is 115 cm³/mol. The van der Waals surface area contributed by atoms with E-state index in [2.05, 4.69) is 41.3 Å². The molecule has 0 amide bonds. The molecule has 0 saturated carbocycles. The fourth-order valence-corrected chi connectivity index (χ4v) is 3.08. The Morgan fingerprint density at radius 3 is 2.35 bits per heavy atom. The number of nitrogens with zero attached hydrogens (tertiary/aromatic N) is 2. The lowest BCUT2D eigenvalue weighted by atomic mass is 10.1. The van der Waals surface area contributed by atoms with Crippen LogP contribution in [0.4, 0.5) is 35.0 Å². The number of hydrogen-bond donors (Lipinski definition) is 2. The molecule has 2 aromatic carbocycles. The molecule has 0 aliphatic rings. The van der Waals surface area contributed by atoms with Crippen LogP contribution in [0.3, 0.4) is 0 Å². The minimum Gasteiger partial charge on any atom is -0.406 e. The van der Waals surface area contributed by atoms with E-state index < -0.39 is 12.2 Å². The van der Waals surface area contributed by atoms with E-state index in [1.807, 2.05) is 20.8 Å². The number of rotatable bonds is 5. The van der Waals surface area contributed by atoms with Crippen LogP contribution >= 0.6 is 15.9 Å². The van der Waals surface area contributed by atoms with Gasteiger partial charge in [0.2, 0.25) is 5.95 Å². The summed E-state index contributed by atoms with van der Waals surface area (Å²) >= 11 is 3.29. The molecule has 0 unspecified atom stereocenters. The van der Waals surface area contributed by atoms with Crippen molar-refractivity contribution in [2.24, 2.45) is 0 Å². The van der Waals surface area contributed by atoms with E-state index in [1.54, 1.807) is 12.1 Å². The summed E-state index contributed by atoms with van der Waals surface area (Å²) in [7, 11) is 0. The van der Waals surface area contributed by atoms with Gasteiger partial charge in [0.15, 0.2) is 0 Å². The highest BCUT2D eigenvalue weighted by molar-refractivity contribution is 9.10. The van der Waals surface area contributed by atoms with E-state index in [1.165, 1.54) is 36.4 Å². The summed E-state index contributed by atoms with van der Waals surface area (Å²) < 4.78 is 55.7. The Balaban J connectivity index is 2.02. The van der Waals surface area contributed by atoms with Gasteiger partial charge in [-0.25, -0.2) is 9.37 Å². The van der Waals surface area contributed by atoms with Crippen molar-refractivity contribution in [1.29, 1.82) is 0 Å². The summed E-state index contributed by atoms with van der Waals surface area (Å²) in [6.07, 6.45) is -4.80. The van der Waals surface area contributed by atoms with Crippen molar-refractivity contribution in [2.45, 2.75) is 32.7 Å². The molecule has 3 rings (SSSR count). The molecule has 0 aliphatic carbocycles. The zero-order valence-electron chi connectivity index (χ0n) is 16.8. The van der Waals surface area contributed by atoms with Crippen molar-refractivity contribution < 1.29 is 22.3 Å². The van der Waals surface area contributed by atoms with E-state index in [9.17, 15) is 17.6 Å². The van der Waals surface area contributed by atoms with Crippen LogP contribution in [-0.4, -0.2) is 21.9 Å². The molecule has 3 aromatic rings. The van der Waals surface area contributed by atoms with Crippen LogP contribution in [0.2, 0.25) is 0 Å². The molecule has 10 heteroatoms. The fraction of sp³-hybridized carbons (Fsp3) is 0.238. The van der Waals surface area contributed by atoms with Crippen molar-refractivity contribution in [2.75, 3.05) is 10.6 Å². The first-order valence-corrected chi connectivity index (χ1v) is 9.93. The first-order chi connectivity index (χ1) is 14.4. The van der Waals surface area contributed by atoms with Crippen LogP contribution in [0.5, 0.6) is 5.75 Å². The van der Waals surface area contributed by atoms with Crippen LogP contribution in [0.1, 0.15) is 20.8 Å². The van der Waals surface area contributed by atoms with E-state index in [-0.39, 0.29) is 17.2 Å². The smallest absolute Gasteiger partial charge is 0.406 e. The molecule has 164 valence electrons. The third-order valence-electron chi connectivity index (χ3n) is 3.77. The summed E-state index contributed by atoms with van der Waals surface area (Å²) in [5, 5.41) is 6.22. The average molecular weight is 499 g/mol. The minimum absolute atomic E-state index is 0.271. The monoisotopic (exact) mass is 498 g/mol. The highest BCUT2D eigenvalue weighted by Crippen LogP contribution is 2.31. The molecule has 0 bridgehead atoms. The molecule has 0 aliphatic heterocycles. The second-order valence-electron chi connectivity index (χ2n) is 7.66. The molecule has 0 fully saturated rings. The van der Waals surface area contributed by atoms with Gasteiger partial charge < -0.3 is 15.4 Å². The second kappa shape index (κ2) is 8.70. The SMILES string of the molecule is CC(C)(C)Nc1nc(Nc2ccc(F)cc2Br)cc(-c2cccc(OC(F)(F)F)c2)n1. The summed E-state index contributed by atoms with van der Waals surface area (Å²) in [4.78, 5) is 8.86. The van der Waals surface area contributed by atoms with Gasteiger partial charge in [0.05, 0.1) is 11.4 Å². The summed E-state index contributed by atoms with van der Waals surface area (Å²) in [6, 6.07) is 11.2. The van der Waals surface area contributed by atoms with Gasteiger partial charge in [-0.2, -0.15) is 4.98 Å². The van der Waals surface area contributed by atoms with E-state index in [4.69, 9.17) is 0 Å². The fourth-order valence-electron chi connectivity index (χ4n) is 2.63. The normalized spacial score (nSPS) is 11.9. The number of benzene rings is 2. The van der Waals surface area contributed by atoms with Crippen LogP contribution in [0.25, 0.3) is 11.3 Å². The topological polar surface area (TPSA) is 59.1 Å². The molecule has 5 nitrogen and oxygen atoms in total. The van der Waals surface area contributed by atoms with E-state index in [0.29, 0.717) is 27.2 Å². The molecule has 1 heterocycles. The van der Waals surface area contributed by atoms with Crippen LogP contribution in [0, 0.1) is 5.82 Å².